The van der Waals surface area contributed by atoms with Gasteiger partial charge in [-0.3, -0.25) is 4.79 Å². The van der Waals surface area contributed by atoms with Crippen molar-refractivity contribution < 1.29 is 17.9 Å². The van der Waals surface area contributed by atoms with Crippen LogP contribution in [0.5, 0.6) is 5.75 Å². The van der Waals surface area contributed by atoms with Gasteiger partial charge in [0.2, 0.25) is 15.9 Å². The van der Waals surface area contributed by atoms with Crippen molar-refractivity contribution in [3.63, 3.8) is 0 Å². The first-order chi connectivity index (χ1) is 14.2. The van der Waals surface area contributed by atoms with Crippen molar-refractivity contribution in [2.45, 2.75) is 24.7 Å². The highest BCUT2D eigenvalue weighted by molar-refractivity contribution is 7.89. The minimum atomic E-state index is -3.80. The third kappa shape index (κ3) is 5.21. The topological polar surface area (TPSA) is 75.7 Å². The zero-order valence-corrected chi connectivity index (χ0v) is 19.3. The Balaban J connectivity index is 1.74. The fourth-order valence-corrected chi connectivity index (χ4v) is 5.57. The number of benzene rings is 2. The Hall–Kier alpha value is -1.51. The van der Waals surface area contributed by atoms with Crippen molar-refractivity contribution >= 4 is 56.4 Å². The second kappa shape index (κ2) is 9.75. The maximum Gasteiger partial charge on any atom is 0.243 e. The van der Waals surface area contributed by atoms with Crippen LogP contribution in [0.2, 0.25) is 15.1 Å². The summed E-state index contributed by atoms with van der Waals surface area (Å²) in [4.78, 5) is 12.8. The number of carbonyl (C=O) groups is 1. The fraction of sp³-hybridized carbons (Fsp3) is 0.350. The van der Waals surface area contributed by atoms with Crippen LogP contribution in [0.4, 0.5) is 5.69 Å². The first kappa shape index (κ1) is 23.2. The van der Waals surface area contributed by atoms with E-state index in [0.29, 0.717) is 47.5 Å². The van der Waals surface area contributed by atoms with Gasteiger partial charge in [-0.15, -0.1) is 0 Å². The summed E-state index contributed by atoms with van der Waals surface area (Å²) in [6.07, 6.45) is 1.14. The molecule has 3 rings (SSSR count). The second-order valence-electron chi connectivity index (χ2n) is 6.84. The number of nitrogens with one attached hydrogen (secondary N) is 1. The van der Waals surface area contributed by atoms with Crippen LogP contribution in [0.3, 0.4) is 0 Å². The predicted octanol–water partition coefficient (Wildman–Crippen LogP) is 5.08. The maximum absolute atomic E-state index is 13.1. The Kier molecular flexibility index (Phi) is 7.52. The van der Waals surface area contributed by atoms with Gasteiger partial charge in [0, 0.05) is 18.1 Å². The number of hydrogen-bond donors (Lipinski definition) is 1. The van der Waals surface area contributed by atoms with Gasteiger partial charge < -0.3 is 10.1 Å². The zero-order valence-electron chi connectivity index (χ0n) is 16.2. The van der Waals surface area contributed by atoms with Gasteiger partial charge in [0.15, 0.2) is 0 Å². The van der Waals surface area contributed by atoms with Crippen molar-refractivity contribution in [1.29, 1.82) is 0 Å². The summed E-state index contributed by atoms with van der Waals surface area (Å²) in [6.45, 7) is 2.65. The van der Waals surface area contributed by atoms with Crippen LogP contribution in [0.15, 0.2) is 41.3 Å². The van der Waals surface area contributed by atoms with Crippen LogP contribution in [0, 0.1) is 5.92 Å². The highest BCUT2D eigenvalue weighted by atomic mass is 35.5. The molecule has 1 amide bonds. The van der Waals surface area contributed by atoms with Crippen molar-refractivity contribution in [3.8, 4) is 5.75 Å². The third-order valence-corrected chi connectivity index (χ3v) is 7.49. The van der Waals surface area contributed by atoms with Crippen molar-refractivity contribution in [2.75, 3.05) is 25.0 Å². The molecule has 2 aromatic rings. The van der Waals surface area contributed by atoms with Crippen molar-refractivity contribution in [3.05, 3.63) is 51.5 Å². The van der Waals surface area contributed by atoms with Crippen LogP contribution in [0.1, 0.15) is 19.8 Å². The van der Waals surface area contributed by atoms with E-state index in [0.717, 1.165) is 0 Å². The molecule has 162 valence electrons. The van der Waals surface area contributed by atoms with E-state index in [-0.39, 0.29) is 22.4 Å². The number of carbonyl (C=O) groups excluding carboxylic acids is 1. The fourth-order valence-electron chi connectivity index (χ4n) is 3.26. The molecule has 2 aromatic carbocycles. The molecule has 0 radical (unpaired) electrons. The Morgan fingerprint density at radius 1 is 1.17 bits per heavy atom. The van der Waals surface area contributed by atoms with E-state index in [1.807, 2.05) is 6.92 Å². The van der Waals surface area contributed by atoms with Gasteiger partial charge >= 0.3 is 0 Å². The van der Waals surface area contributed by atoms with Crippen LogP contribution in [0.25, 0.3) is 0 Å². The molecule has 1 N–H and O–H groups in total. The van der Waals surface area contributed by atoms with Gasteiger partial charge in [0.25, 0.3) is 0 Å². The minimum Gasteiger partial charge on any atom is -0.492 e. The van der Waals surface area contributed by atoms with E-state index >= 15 is 0 Å². The first-order valence-electron chi connectivity index (χ1n) is 9.40. The molecule has 0 spiro atoms. The molecule has 0 unspecified atom stereocenters. The third-order valence-electron chi connectivity index (χ3n) is 4.78. The van der Waals surface area contributed by atoms with E-state index < -0.39 is 15.9 Å². The Bertz CT molecular complexity index is 1050. The van der Waals surface area contributed by atoms with Crippen molar-refractivity contribution in [1.82, 2.24) is 4.31 Å². The number of nitrogens with zero attached hydrogens (tertiary/aromatic N) is 1. The molecule has 0 aliphatic carbocycles. The van der Waals surface area contributed by atoms with E-state index in [1.165, 1.54) is 28.6 Å². The summed E-state index contributed by atoms with van der Waals surface area (Å²) in [7, 11) is -3.80. The summed E-state index contributed by atoms with van der Waals surface area (Å²) in [6, 6.07) is 9.14. The van der Waals surface area contributed by atoms with Crippen molar-refractivity contribution in [2.24, 2.45) is 5.92 Å². The molecule has 1 aliphatic heterocycles. The number of anilines is 1. The number of hydrogen-bond acceptors (Lipinski definition) is 4. The molecular weight excluding hydrogens is 471 g/mol. The van der Waals surface area contributed by atoms with Gasteiger partial charge in [0.05, 0.1) is 33.2 Å². The number of sulfonamides is 1. The molecule has 6 nitrogen and oxygen atoms in total. The van der Waals surface area contributed by atoms with Gasteiger partial charge in [-0.05, 0) is 56.2 Å². The molecule has 10 heteroatoms. The number of amides is 1. The standard InChI is InChI=1S/C20H21Cl3N2O4S/c1-2-29-19-8-6-15(11-17(19)23)30(27,28)25-9-3-4-13(12-25)20(26)24-18-7-5-14(21)10-16(18)22/h5-8,10-11,13H,2-4,9,12H2,1H3,(H,24,26)/t13-/m1/s1. The predicted molar refractivity (Wildman–Crippen MR) is 119 cm³/mol. The van der Waals surface area contributed by atoms with Gasteiger partial charge in [0.1, 0.15) is 5.75 Å². The smallest absolute Gasteiger partial charge is 0.243 e. The Morgan fingerprint density at radius 2 is 1.93 bits per heavy atom. The van der Waals surface area contributed by atoms with Crippen LogP contribution < -0.4 is 10.1 Å². The first-order valence-corrected chi connectivity index (χ1v) is 12.0. The average molecular weight is 492 g/mol. The van der Waals surface area contributed by atoms with Crippen LogP contribution in [-0.4, -0.2) is 38.3 Å². The van der Waals surface area contributed by atoms with E-state index in [2.05, 4.69) is 5.32 Å². The summed E-state index contributed by atoms with van der Waals surface area (Å²) < 4.78 is 32.8. The molecule has 0 saturated carbocycles. The molecular formula is C20H21Cl3N2O4S. The van der Waals surface area contributed by atoms with E-state index in [9.17, 15) is 13.2 Å². The summed E-state index contributed by atoms with van der Waals surface area (Å²) in [5.74, 6) is -0.365. The van der Waals surface area contributed by atoms with E-state index in [4.69, 9.17) is 39.5 Å². The van der Waals surface area contributed by atoms with Crippen LogP contribution in [-0.2, 0) is 14.8 Å². The van der Waals surface area contributed by atoms with Gasteiger partial charge in [-0.1, -0.05) is 34.8 Å². The number of ether oxygens (including phenoxy) is 1. The van der Waals surface area contributed by atoms with Gasteiger partial charge in [-0.25, -0.2) is 8.42 Å². The minimum absolute atomic E-state index is 0.0674. The molecule has 1 atom stereocenters. The SMILES string of the molecule is CCOc1ccc(S(=O)(=O)N2CCC[C@@H](C(=O)Nc3ccc(Cl)cc3Cl)C2)cc1Cl. The summed E-state index contributed by atoms with van der Waals surface area (Å²) >= 11 is 18.2. The Morgan fingerprint density at radius 3 is 2.60 bits per heavy atom. The number of rotatable bonds is 6. The zero-order chi connectivity index (χ0) is 21.9. The molecule has 1 saturated heterocycles. The lowest BCUT2D eigenvalue weighted by atomic mass is 9.99. The molecule has 0 bridgehead atoms. The molecule has 30 heavy (non-hydrogen) atoms. The molecule has 0 aromatic heterocycles. The number of piperidine rings is 1. The van der Waals surface area contributed by atoms with Crippen LogP contribution >= 0.6 is 34.8 Å². The lowest BCUT2D eigenvalue weighted by Gasteiger charge is -2.31. The lowest BCUT2D eigenvalue weighted by Crippen LogP contribution is -2.43. The quantitative estimate of drug-likeness (QED) is 0.611. The number of halogens is 3. The average Bonchev–Trinajstić information content (AvgIpc) is 2.71. The summed E-state index contributed by atoms with van der Waals surface area (Å²) in [5.41, 5.74) is 0.435. The van der Waals surface area contributed by atoms with Gasteiger partial charge in [-0.2, -0.15) is 4.31 Å². The normalized spacial score (nSPS) is 17.5. The van der Waals surface area contributed by atoms with E-state index in [1.54, 1.807) is 12.1 Å². The molecule has 1 fully saturated rings. The molecule has 1 heterocycles. The monoisotopic (exact) mass is 490 g/mol. The summed E-state index contributed by atoms with van der Waals surface area (Å²) in [5, 5.41) is 3.76. The largest absolute Gasteiger partial charge is 0.492 e. The Labute approximate surface area is 191 Å². The lowest BCUT2D eigenvalue weighted by molar-refractivity contribution is -0.120. The highest BCUT2D eigenvalue weighted by Gasteiger charge is 2.33. The molecule has 1 aliphatic rings. The highest BCUT2D eigenvalue weighted by Crippen LogP contribution is 2.31. The second-order valence-corrected chi connectivity index (χ2v) is 10.0. The maximum atomic E-state index is 13.1.